The van der Waals surface area contributed by atoms with Gasteiger partial charge in [0.25, 0.3) is 0 Å². The highest BCUT2D eigenvalue weighted by Gasteiger charge is 2.32. The van der Waals surface area contributed by atoms with Gasteiger partial charge in [-0.3, -0.25) is 0 Å². The maximum atomic E-state index is 12.8. The lowest BCUT2D eigenvalue weighted by Gasteiger charge is -2.31. The molecule has 3 rings (SSSR count). The molecule has 1 aliphatic rings. The van der Waals surface area contributed by atoms with Gasteiger partial charge in [0.15, 0.2) is 5.69 Å². The van der Waals surface area contributed by atoms with E-state index in [0.29, 0.717) is 31.8 Å². The molecule has 0 aliphatic carbocycles. The average Bonchev–Trinajstić information content (AvgIpc) is 2.64. The fourth-order valence-corrected chi connectivity index (χ4v) is 4.33. The topological polar surface area (TPSA) is 96.2 Å². The van der Waals surface area contributed by atoms with Crippen molar-refractivity contribution in [3.63, 3.8) is 0 Å². The Kier molecular flexibility index (Phi) is 4.97. The zero-order chi connectivity index (χ0) is 17.9. The predicted octanol–water partition coefficient (Wildman–Crippen LogP) is 1.89. The van der Waals surface area contributed by atoms with Crippen LogP contribution in [0.3, 0.4) is 0 Å². The number of sulfonamides is 1. The van der Waals surface area contributed by atoms with Crippen LogP contribution in [0.2, 0.25) is 0 Å². The minimum atomic E-state index is -3.73. The molecule has 1 saturated heterocycles. The van der Waals surface area contributed by atoms with E-state index in [1.54, 1.807) is 6.20 Å². The Labute approximate surface area is 147 Å². The monoisotopic (exact) mass is 358 g/mol. The second-order valence-electron chi connectivity index (χ2n) is 5.81. The van der Waals surface area contributed by atoms with Gasteiger partial charge in [0.2, 0.25) is 15.9 Å². The van der Waals surface area contributed by atoms with Crippen LogP contribution in [-0.2, 0) is 10.0 Å². The maximum absolute atomic E-state index is 12.8. The molecule has 0 amide bonds. The van der Waals surface area contributed by atoms with E-state index in [1.165, 1.54) is 22.6 Å². The molecule has 0 spiro atoms. The second kappa shape index (κ2) is 7.17. The molecule has 2 aromatic rings. The second-order valence-corrected chi connectivity index (χ2v) is 7.72. The predicted molar refractivity (Wildman–Crippen MR) is 90.3 cm³/mol. The molecule has 0 N–H and O–H groups in total. The van der Waals surface area contributed by atoms with Gasteiger partial charge in [-0.05, 0) is 38.0 Å². The Balaban J connectivity index is 1.70. The van der Waals surface area contributed by atoms with E-state index < -0.39 is 10.0 Å². The van der Waals surface area contributed by atoms with E-state index >= 15 is 0 Å². The first-order valence-electron chi connectivity index (χ1n) is 7.96. The first kappa shape index (κ1) is 17.3. The van der Waals surface area contributed by atoms with Crippen molar-refractivity contribution < 1.29 is 13.2 Å². The van der Waals surface area contributed by atoms with Gasteiger partial charge < -0.3 is 4.74 Å². The molecule has 3 heterocycles. The van der Waals surface area contributed by atoms with Crippen molar-refractivity contribution in [2.75, 3.05) is 13.1 Å². The van der Waals surface area contributed by atoms with Crippen LogP contribution in [0.25, 0.3) is 0 Å². The van der Waals surface area contributed by atoms with Crippen LogP contribution < -0.4 is 4.74 Å². The van der Waals surface area contributed by atoms with Gasteiger partial charge in [-0.1, -0.05) is 6.07 Å². The molecular formula is C17H18N4O3S. The SMILES string of the molecule is Cc1cccnc1OC1CCN(S(=O)(=O)c2cccnc2C#N)CC1. The van der Waals surface area contributed by atoms with Gasteiger partial charge in [-0.25, -0.2) is 18.4 Å². The number of aryl methyl sites for hydroxylation is 1. The Morgan fingerprint density at radius 1 is 1.20 bits per heavy atom. The van der Waals surface area contributed by atoms with Crippen molar-refractivity contribution in [2.24, 2.45) is 0 Å². The third-order valence-corrected chi connectivity index (χ3v) is 6.07. The maximum Gasteiger partial charge on any atom is 0.245 e. The molecule has 130 valence electrons. The van der Waals surface area contributed by atoms with Crippen LogP contribution in [0.15, 0.2) is 41.6 Å². The van der Waals surface area contributed by atoms with Gasteiger partial charge in [0, 0.05) is 31.0 Å². The Hall–Kier alpha value is -2.50. The van der Waals surface area contributed by atoms with E-state index in [4.69, 9.17) is 10.00 Å². The summed E-state index contributed by atoms with van der Waals surface area (Å²) in [6, 6.07) is 8.55. The summed E-state index contributed by atoms with van der Waals surface area (Å²) in [4.78, 5) is 8.01. The van der Waals surface area contributed by atoms with E-state index in [9.17, 15) is 8.42 Å². The number of aromatic nitrogens is 2. The number of pyridine rings is 2. The van der Waals surface area contributed by atoms with Crippen LogP contribution in [0, 0.1) is 18.3 Å². The molecule has 25 heavy (non-hydrogen) atoms. The molecular weight excluding hydrogens is 340 g/mol. The van der Waals surface area contributed by atoms with E-state index in [1.807, 2.05) is 25.1 Å². The van der Waals surface area contributed by atoms with Crippen LogP contribution in [-0.4, -0.2) is 41.9 Å². The number of ether oxygens (including phenoxy) is 1. The Bertz CT molecular complexity index is 900. The summed E-state index contributed by atoms with van der Waals surface area (Å²) in [7, 11) is -3.73. The highest BCUT2D eigenvalue weighted by molar-refractivity contribution is 7.89. The number of hydrogen-bond acceptors (Lipinski definition) is 6. The third-order valence-electron chi connectivity index (χ3n) is 4.14. The van der Waals surface area contributed by atoms with Crippen molar-refractivity contribution >= 4 is 10.0 Å². The normalized spacial score (nSPS) is 16.3. The summed E-state index contributed by atoms with van der Waals surface area (Å²) in [5.74, 6) is 0.586. The zero-order valence-corrected chi connectivity index (χ0v) is 14.6. The lowest BCUT2D eigenvalue weighted by molar-refractivity contribution is 0.129. The van der Waals surface area contributed by atoms with E-state index in [0.717, 1.165) is 5.56 Å². The van der Waals surface area contributed by atoms with Crippen molar-refractivity contribution in [1.29, 1.82) is 5.26 Å². The molecule has 0 radical (unpaired) electrons. The largest absolute Gasteiger partial charge is 0.474 e. The first-order valence-corrected chi connectivity index (χ1v) is 9.40. The quantitative estimate of drug-likeness (QED) is 0.828. The first-order chi connectivity index (χ1) is 12.0. The summed E-state index contributed by atoms with van der Waals surface area (Å²) in [5.41, 5.74) is 0.872. The molecule has 0 saturated carbocycles. The Morgan fingerprint density at radius 3 is 2.56 bits per heavy atom. The van der Waals surface area contributed by atoms with Crippen molar-refractivity contribution in [3.05, 3.63) is 47.9 Å². The number of rotatable bonds is 4. The molecule has 0 atom stereocenters. The summed E-state index contributed by atoms with van der Waals surface area (Å²) >= 11 is 0. The number of nitriles is 1. The van der Waals surface area contributed by atoms with Crippen molar-refractivity contribution in [3.8, 4) is 11.9 Å². The van der Waals surface area contributed by atoms with Gasteiger partial charge in [0.1, 0.15) is 17.1 Å². The number of piperidine rings is 1. The highest BCUT2D eigenvalue weighted by Crippen LogP contribution is 2.25. The number of nitrogens with zero attached hydrogens (tertiary/aromatic N) is 4. The van der Waals surface area contributed by atoms with E-state index in [-0.39, 0.29) is 16.7 Å². The average molecular weight is 358 g/mol. The van der Waals surface area contributed by atoms with Crippen LogP contribution in [0.1, 0.15) is 24.1 Å². The lowest BCUT2D eigenvalue weighted by Crippen LogP contribution is -2.42. The van der Waals surface area contributed by atoms with Gasteiger partial charge in [0.05, 0.1) is 0 Å². The standard InChI is InChI=1S/C17H18N4O3S/c1-13-4-2-9-20-17(13)24-14-6-10-21(11-7-14)25(22,23)16-5-3-8-19-15(16)12-18/h2-5,8-9,14H,6-7,10-11H2,1H3. The molecule has 0 aromatic carbocycles. The van der Waals surface area contributed by atoms with Gasteiger partial charge >= 0.3 is 0 Å². The molecule has 0 bridgehead atoms. The molecule has 7 nitrogen and oxygen atoms in total. The third kappa shape index (κ3) is 3.62. The Morgan fingerprint density at radius 2 is 1.88 bits per heavy atom. The molecule has 8 heteroatoms. The van der Waals surface area contributed by atoms with E-state index in [2.05, 4.69) is 9.97 Å². The fraction of sp³-hybridized carbons (Fsp3) is 0.353. The molecule has 0 unspecified atom stereocenters. The van der Waals surface area contributed by atoms with Gasteiger partial charge in [-0.2, -0.15) is 9.57 Å². The summed E-state index contributed by atoms with van der Waals surface area (Å²) in [6.07, 6.45) is 4.14. The summed E-state index contributed by atoms with van der Waals surface area (Å²) in [5, 5.41) is 9.09. The smallest absolute Gasteiger partial charge is 0.245 e. The fourth-order valence-electron chi connectivity index (χ4n) is 2.76. The van der Waals surface area contributed by atoms with Crippen molar-refractivity contribution in [2.45, 2.75) is 30.8 Å². The van der Waals surface area contributed by atoms with Crippen LogP contribution in [0.4, 0.5) is 0 Å². The minimum Gasteiger partial charge on any atom is -0.474 e. The zero-order valence-electron chi connectivity index (χ0n) is 13.8. The highest BCUT2D eigenvalue weighted by atomic mass is 32.2. The van der Waals surface area contributed by atoms with Gasteiger partial charge in [-0.15, -0.1) is 0 Å². The molecule has 1 aliphatic heterocycles. The summed E-state index contributed by atoms with van der Waals surface area (Å²) in [6.45, 7) is 2.59. The number of hydrogen-bond donors (Lipinski definition) is 0. The van der Waals surface area contributed by atoms with Crippen LogP contribution in [0.5, 0.6) is 5.88 Å². The molecule has 2 aromatic heterocycles. The summed E-state index contributed by atoms with van der Waals surface area (Å²) < 4.78 is 32.8. The minimum absolute atomic E-state index is 0.0440. The lowest BCUT2D eigenvalue weighted by atomic mass is 10.1. The molecule has 1 fully saturated rings. The van der Waals surface area contributed by atoms with Crippen LogP contribution >= 0.6 is 0 Å². The van der Waals surface area contributed by atoms with Crippen molar-refractivity contribution in [1.82, 2.24) is 14.3 Å².